The monoisotopic (exact) mass is 281 g/mol. The normalized spacial score (nSPS) is 16.4. The van der Waals surface area contributed by atoms with Crippen molar-refractivity contribution in [2.45, 2.75) is 32.3 Å². The molecule has 0 amide bonds. The maximum absolute atomic E-state index is 13.4. The van der Waals surface area contributed by atoms with Gasteiger partial charge in [0.25, 0.3) is 0 Å². The third-order valence-corrected chi connectivity index (χ3v) is 3.49. The highest BCUT2D eigenvalue weighted by molar-refractivity contribution is 5.23. The first-order valence-electron chi connectivity index (χ1n) is 7.46. The Morgan fingerprint density at radius 2 is 2.15 bits per heavy atom. The maximum atomic E-state index is 13.4. The molecule has 3 nitrogen and oxygen atoms in total. The number of ether oxygens (including phenoxy) is 1. The highest BCUT2D eigenvalue weighted by Crippen LogP contribution is 2.29. The molecular weight excluding hydrogens is 257 g/mol. The Kier molecular flexibility index (Phi) is 5.80. The molecule has 4 heteroatoms. The van der Waals surface area contributed by atoms with Crippen molar-refractivity contribution in [3.05, 3.63) is 30.1 Å². The van der Waals surface area contributed by atoms with Gasteiger partial charge in [-0.1, -0.05) is 19.1 Å². The molecule has 112 valence electrons. The first-order valence-corrected chi connectivity index (χ1v) is 7.46. The van der Waals surface area contributed by atoms with Gasteiger partial charge >= 0.3 is 0 Å². The minimum atomic E-state index is -0.583. The Morgan fingerprint density at radius 1 is 1.40 bits per heavy atom. The van der Waals surface area contributed by atoms with Crippen LogP contribution in [0.3, 0.4) is 0 Å². The van der Waals surface area contributed by atoms with Gasteiger partial charge in [0.05, 0.1) is 0 Å². The third kappa shape index (κ3) is 5.10. The number of hydrogen-bond donors (Lipinski definition) is 1. The molecule has 0 heterocycles. The van der Waals surface area contributed by atoms with Crippen molar-refractivity contribution in [3.63, 3.8) is 0 Å². The van der Waals surface area contributed by atoms with Crippen LogP contribution in [0.2, 0.25) is 0 Å². The fourth-order valence-electron chi connectivity index (χ4n) is 2.34. The van der Waals surface area contributed by atoms with Crippen LogP contribution in [0.15, 0.2) is 24.3 Å². The number of rotatable bonds is 9. The smallest absolute Gasteiger partial charge is 0.165 e. The quantitative estimate of drug-likeness (QED) is 0.755. The van der Waals surface area contributed by atoms with E-state index >= 15 is 0 Å². The lowest BCUT2D eigenvalue weighted by atomic mass is 10.2. The number of benzene rings is 1. The molecule has 1 aromatic carbocycles. The zero-order valence-electron chi connectivity index (χ0n) is 12.1. The van der Waals surface area contributed by atoms with Gasteiger partial charge in [0.15, 0.2) is 11.6 Å². The van der Waals surface area contributed by atoms with E-state index in [-0.39, 0.29) is 18.2 Å². The van der Waals surface area contributed by atoms with Crippen molar-refractivity contribution in [1.82, 2.24) is 4.90 Å². The van der Waals surface area contributed by atoms with Crippen LogP contribution in [0.25, 0.3) is 0 Å². The summed E-state index contributed by atoms with van der Waals surface area (Å²) in [7, 11) is 0. The Bertz CT molecular complexity index is 409. The topological polar surface area (TPSA) is 32.7 Å². The second-order valence-electron chi connectivity index (χ2n) is 5.60. The van der Waals surface area contributed by atoms with Gasteiger partial charge in [-0.3, -0.25) is 0 Å². The molecule has 0 bridgehead atoms. The molecule has 1 unspecified atom stereocenters. The van der Waals surface area contributed by atoms with Gasteiger partial charge in [0.1, 0.15) is 12.7 Å². The van der Waals surface area contributed by atoms with Crippen LogP contribution in [0.1, 0.15) is 26.2 Å². The highest BCUT2D eigenvalue weighted by Gasteiger charge is 2.25. The van der Waals surface area contributed by atoms with Crippen molar-refractivity contribution in [2.24, 2.45) is 5.92 Å². The van der Waals surface area contributed by atoms with Crippen molar-refractivity contribution in [1.29, 1.82) is 0 Å². The van der Waals surface area contributed by atoms with Crippen LogP contribution in [0, 0.1) is 11.7 Å². The summed E-state index contributed by atoms with van der Waals surface area (Å²) in [6, 6.07) is 6.28. The summed E-state index contributed by atoms with van der Waals surface area (Å²) < 4.78 is 18.7. The van der Waals surface area contributed by atoms with Gasteiger partial charge in [-0.05, 0) is 43.9 Å². The first-order chi connectivity index (χ1) is 9.69. The molecule has 1 atom stereocenters. The van der Waals surface area contributed by atoms with E-state index in [1.807, 2.05) is 0 Å². The van der Waals surface area contributed by atoms with Crippen LogP contribution in [0.5, 0.6) is 5.75 Å². The van der Waals surface area contributed by atoms with Gasteiger partial charge < -0.3 is 14.7 Å². The Balaban J connectivity index is 1.75. The summed E-state index contributed by atoms with van der Waals surface area (Å²) >= 11 is 0. The van der Waals surface area contributed by atoms with Crippen molar-refractivity contribution in [2.75, 3.05) is 26.2 Å². The summed E-state index contributed by atoms with van der Waals surface area (Å²) in [5.41, 5.74) is 0. The Labute approximate surface area is 120 Å². The average molecular weight is 281 g/mol. The lowest BCUT2D eigenvalue weighted by Gasteiger charge is -2.24. The minimum Gasteiger partial charge on any atom is -0.488 e. The molecule has 1 aliphatic carbocycles. The molecule has 0 spiro atoms. The zero-order chi connectivity index (χ0) is 14.4. The number of halogens is 1. The number of hydrogen-bond acceptors (Lipinski definition) is 3. The van der Waals surface area contributed by atoms with Crippen molar-refractivity contribution >= 4 is 0 Å². The van der Waals surface area contributed by atoms with Gasteiger partial charge in [0, 0.05) is 13.1 Å². The van der Waals surface area contributed by atoms with Crippen molar-refractivity contribution in [3.8, 4) is 5.75 Å². The van der Waals surface area contributed by atoms with Crippen LogP contribution in [0.4, 0.5) is 4.39 Å². The van der Waals surface area contributed by atoms with Crippen LogP contribution >= 0.6 is 0 Å². The second-order valence-corrected chi connectivity index (χ2v) is 5.60. The lowest BCUT2D eigenvalue weighted by Crippen LogP contribution is -2.37. The molecule has 1 aliphatic rings. The first kappa shape index (κ1) is 15.3. The molecule has 0 saturated heterocycles. The van der Waals surface area contributed by atoms with E-state index in [0.717, 1.165) is 25.4 Å². The summed E-state index contributed by atoms with van der Waals surface area (Å²) in [5, 5.41) is 10.0. The van der Waals surface area contributed by atoms with Gasteiger partial charge in [-0.15, -0.1) is 0 Å². The molecule has 1 fully saturated rings. The number of para-hydroxylation sites is 1. The van der Waals surface area contributed by atoms with E-state index in [1.165, 1.54) is 18.9 Å². The van der Waals surface area contributed by atoms with Gasteiger partial charge in [0.2, 0.25) is 0 Å². The number of aliphatic hydroxyl groups is 1. The fourth-order valence-corrected chi connectivity index (χ4v) is 2.34. The Morgan fingerprint density at radius 3 is 2.80 bits per heavy atom. The predicted molar refractivity (Wildman–Crippen MR) is 77.4 cm³/mol. The summed E-state index contributed by atoms with van der Waals surface area (Å²) in [5.74, 6) is 0.625. The Hall–Kier alpha value is -1.13. The molecular formula is C16H24FNO2. The molecule has 20 heavy (non-hydrogen) atoms. The average Bonchev–Trinajstić information content (AvgIpc) is 3.22. The summed E-state index contributed by atoms with van der Waals surface area (Å²) in [4.78, 5) is 2.28. The van der Waals surface area contributed by atoms with Crippen molar-refractivity contribution < 1.29 is 14.2 Å². The zero-order valence-corrected chi connectivity index (χ0v) is 12.1. The number of aliphatic hydroxyl groups excluding tert-OH is 1. The van der Waals surface area contributed by atoms with E-state index in [9.17, 15) is 9.50 Å². The van der Waals surface area contributed by atoms with E-state index in [0.29, 0.717) is 6.54 Å². The molecule has 0 aromatic heterocycles. The summed E-state index contributed by atoms with van der Waals surface area (Å²) in [6.07, 6.45) is 3.11. The molecule has 1 aromatic rings. The summed E-state index contributed by atoms with van der Waals surface area (Å²) in [6.45, 7) is 4.92. The SMILES string of the molecule is CCCN(CC(O)COc1ccccc1F)CC1CC1. The molecule has 1 saturated carbocycles. The van der Waals surface area contributed by atoms with Crippen LogP contribution in [-0.2, 0) is 0 Å². The van der Waals surface area contributed by atoms with E-state index < -0.39 is 6.10 Å². The van der Waals surface area contributed by atoms with Crippen LogP contribution < -0.4 is 4.74 Å². The van der Waals surface area contributed by atoms with Crippen LogP contribution in [-0.4, -0.2) is 42.4 Å². The van der Waals surface area contributed by atoms with Gasteiger partial charge in [-0.2, -0.15) is 0 Å². The largest absolute Gasteiger partial charge is 0.488 e. The third-order valence-electron chi connectivity index (χ3n) is 3.49. The van der Waals surface area contributed by atoms with E-state index in [2.05, 4.69) is 11.8 Å². The molecule has 0 aliphatic heterocycles. The minimum absolute atomic E-state index is 0.131. The van der Waals surface area contributed by atoms with Gasteiger partial charge in [-0.25, -0.2) is 4.39 Å². The van der Waals surface area contributed by atoms with E-state index in [1.54, 1.807) is 18.2 Å². The lowest BCUT2D eigenvalue weighted by molar-refractivity contribution is 0.0652. The fraction of sp³-hybridized carbons (Fsp3) is 0.625. The predicted octanol–water partition coefficient (Wildman–Crippen LogP) is 2.69. The maximum Gasteiger partial charge on any atom is 0.165 e. The number of nitrogens with zero attached hydrogens (tertiary/aromatic N) is 1. The molecule has 1 N–H and O–H groups in total. The standard InChI is InChI=1S/C16H24FNO2/c1-2-9-18(10-13-7-8-13)11-14(19)12-20-16-6-4-3-5-15(16)17/h3-6,13-14,19H,2,7-12H2,1H3. The second kappa shape index (κ2) is 7.60. The van der Waals surface area contributed by atoms with E-state index in [4.69, 9.17) is 4.74 Å². The molecule has 2 rings (SSSR count). The highest BCUT2D eigenvalue weighted by atomic mass is 19.1. The molecule has 0 radical (unpaired) electrons.